The third kappa shape index (κ3) is 3.05. The van der Waals surface area contributed by atoms with Crippen molar-refractivity contribution in [3.05, 3.63) is 58.4 Å². The zero-order valence-electron chi connectivity index (χ0n) is 12.4. The van der Waals surface area contributed by atoms with E-state index >= 15 is 0 Å². The fourth-order valence-electron chi connectivity index (χ4n) is 2.51. The molecule has 0 radical (unpaired) electrons. The fraction of sp³-hybridized carbons (Fsp3) is 0.312. The molecule has 1 amide bonds. The Morgan fingerprint density at radius 3 is 3.09 bits per heavy atom. The van der Waals surface area contributed by atoms with Crippen LogP contribution in [0.5, 0.6) is 0 Å². The Hall–Kier alpha value is -2.41. The molecule has 6 nitrogen and oxygen atoms in total. The Labute approximate surface area is 137 Å². The van der Waals surface area contributed by atoms with E-state index in [1.807, 2.05) is 34.5 Å². The van der Waals surface area contributed by atoms with Crippen molar-refractivity contribution in [3.8, 4) is 0 Å². The Kier molecular flexibility index (Phi) is 3.70. The predicted molar refractivity (Wildman–Crippen MR) is 85.5 cm³/mol. The van der Waals surface area contributed by atoms with Crippen LogP contribution in [0.25, 0.3) is 0 Å². The summed E-state index contributed by atoms with van der Waals surface area (Å²) in [6.07, 6.45) is 5.88. The summed E-state index contributed by atoms with van der Waals surface area (Å²) in [7, 11) is 0. The van der Waals surface area contributed by atoms with Crippen LogP contribution in [0.2, 0.25) is 0 Å². The van der Waals surface area contributed by atoms with Crippen LogP contribution < -0.4 is 5.32 Å². The van der Waals surface area contributed by atoms with Gasteiger partial charge in [0.25, 0.3) is 5.91 Å². The average molecular weight is 328 g/mol. The lowest BCUT2D eigenvalue weighted by Gasteiger charge is -2.16. The summed E-state index contributed by atoms with van der Waals surface area (Å²) in [4.78, 5) is 13.4. The van der Waals surface area contributed by atoms with Crippen molar-refractivity contribution in [1.29, 1.82) is 0 Å². The van der Waals surface area contributed by atoms with Crippen LogP contribution in [-0.2, 0) is 0 Å². The number of rotatable bonds is 6. The topological polar surface area (TPSA) is 73.0 Å². The molecule has 1 fully saturated rings. The molecule has 118 valence electrons. The van der Waals surface area contributed by atoms with E-state index in [1.54, 1.807) is 23.6 Å². The molecule has 3 aromatic heterocycles. The molecule has 3 aromatic rings. The summed E-state index contributed by atoms with van der Waals surface area (Å²) in [5.74, 6) is 1.05. The Bertz CT molecular complexity index is 741. The van der Waals surface area contributed by atoms with Gasteiger partial charge in [-0.05, 0) is 30.4 Å². The zero-order chi connectivity index (χ0) is 15.6. The first-order valence-electron chi connectivity index (χ1n) is 7.58. The molecule has 0 aromatic carbocycles. The lowest BCUT2D eigenvalue weighted by molar-refractivity contribution is 0.0940. The van der Waals surface area contributed by atoms with E-state index in [0.29, 0.717) is 18.2 Å². The standard InChI is InChI=1S/C16H16N4O2S/c21-16(12-9-14(22-19-12)11-4-5-11)17-10-13(15-3-1-8-23-15)20-7-2-6-18-20/h1-3,6-9,11,13H,4-5,10H2,(H,17,21)/t13-/m0/s1. The van der Waals surface area contributed by atoms with Crippen LogP contribution >= 0.6 is 11.3 Å². The van der Waals surface area contributed by atoms with Crippen molar-refractivity contribution >= 4 is 17.2 Å². The molecule has 0 bridgehead atoms. The SMILES string of the molecule is O=C(NC[C@@H](c1cccs1)n1cccn1)c1cc(C2CC2)on1. The molecule has 4 rings (SSSR count). The summed E-state index contributed by atoms with van der Waals surface area (Å²) in [6, 6.07) is 7.65. The number of carbonyl (C=O) groups is 1. The van der Waals surface area contributed by atoms with Crippen LogP contribution in [0.1, 0.15) is 45.9 Å². The Morgan fingerprint density at radius 1 is 1.48 bits per heavy atom. The van der Waals surface area contributed by atoms with E-state index in [1.165, 1.54) is 0 Å². The van der Waals surface area contributed by atoms with Crippen molar-refractivity contribution in [2.45, 2.75) is 24.8 Å². The lowest BCUT2D eigenvalue weighted by Crippen LogP contribution is -2.31. The summed E-state index contributed by atoms with van der Waals surface area (Å²) >= 11 is 1.65. The van der Waals surface area contributed by atoms with Gasteiger partial charge in [0.1, 0.15) is 11.8 Å². The van der Waals surface area contributed by atoms with E-state index in [9.17, 15) is 4.79 Å². The van der Waals surface area contributed by atoms with Gasteiger partial charge in [0.05, 0.1) is 0 Å². The molecule has 0 unspecified atom stereocenters. The lowest BCUT2D eigenvalue weighted by atomic mass is 10.2. The van der Waals surface area contributed by atoms with Gasteiger partial charge < -0.3 is 9.84 Å². The molecule has 1 N–H and O–H groups in total. The molecule has 7 heteroatoms. The van der Waals surface area contributed by atoms with Gasteiger partial charge >= 0.3 is 0 Å². The quantitative estimate of drug-likeness (QED) is 0.755. The molecule has 1 aliphatic rings. The molecule has 23 heavy (non-hydrogen) atoms. The van der Waals surface area contributed by atoms with E-state index in [0.717, 1.165) is 23.5 Å². The first-order chi connectivity index (χ1) is 11.3. The second-order valence-corrected chi connectivity index (χ2v) is 6.60. The highest BCUT2D eigenvalue weighted by Gasteiger charge is 2.29. The van der Waals surface area contributed by atoms with Gasteiger partial charge in [0.2, 0.25) is 0 Å². The van der Waals surface area contributed by atoms with Crippen LogP contribution in [0, 0.1) is 0 Å². The number of aromatic nitrogens is 3. The van der Waals surface area contributed by atoms with Crippen molar-refractivity contribution in [3.63, 3.8) is 0 Å². The highest BCUT2D eigenvalue weighted by atomic mass is 32.1. The van der Waals surface area contributed by atoms with Gasteiger partial charge in [0, 0.05) is 35.8 Å². The minimum atomic E-state index is -0.214. The number of thiophene rings is 1. The predicted octanol–water partition coefficient (Wildman–Crippen LogP) is 2.83. The van der Waals surface area contributed by atoms with Gasteiger partial charge in [-0.1, -0.05) is 11.2 Å². The van der Waals surface area contributed by atoms with E-state index in [4.69, 9.17) is 4.52 Å². The number of hydrogen-bond donors (Lipinski definition) is 1. The third-order valence-electron chi connectivity index (χ3n) is 3.91. The third-order valence-corrected chi connectivity index (χ3v) is 4.89. The molecule has 3 heterocycles. The molecule has 1 saturated carbocycles. The fourth-order valence-corrected chi connectivity index (χ4v) is 3.33. The second kappa shape index (κ2) is 6.00. The van der Waals surface area contributed by atoms with E-state index < -0.39 is 0 Å². The summed E-state index contributed by atoms with van der Waals surface area (Å²) in [5.41, 5.74) is 0.345. The Balaban J connectivity index is 1.45. The Morgan fingerprint density at radius 2 is 2.39 bits per heavy atom. The minimum Gasteiger partial charge on any atom is -0.360 e. The van der Waals surface area contributed by atoms with Crippen molar-refractivity contribution in [2.24, 2.45) is 0 Å². The number of carbonyl (C=O) groups excluding carboxylic acids is 1. The van der Waals surface area contributed by atoms with Gasteiger partial charge in [0.15, 0.2) is 5.69 Å². The van der Waals surface area contributed by atoms with Gasteiger partial charge in [-0.25, -0.2) is 0 Å². The van der Waals surface area contributed by atoms with Gasteiger partial charge in [-0.2, -0.15) is 5.10 Å². The largest absolute Gasteiger partial charge is 0.360 e. The minimum absolute atomic E-state index is 0.0243. The molecule has 0 spiro atoms. The van der Waals surface area contributed by atoms with E-state index in [-0.39, 0.29) is 11.9 Å². The van der Waals surface area contributed by atoms with Crippen molar-refractivity contribution < 1.29 is 9.32 Å². The van der Waals surface area contributed by atoms with Crippen LogP contribution in [0.15, 0.2) is 46.6 Å². The number of nitrogens with one attached hydrogen (secondary N) is 1. The normalized spacial score (nSPS) is 15.5. The maximum absolute atomic E-state index is 12.3. The van der Waals surface area contributed by atoms with Crippen molar-refractivity contribution in [1.82, 2.24) is 20.3 Å². The average Bonchev–Trinajstić information content (AvgIpc) is 3.06. The monoisotopic (exact) mass is 328 g/mol. The number of hydrogen-bond acceptors (Lipinski definition) is 5. The van der Waals surface area contributed by atoms with Crippen molar-refractivity contribution in [2.75, 3.05) is 6.54 Å². The smallest absolute Gasteiger partial charge is 0.273 e. The second-order valence-electron chi connectivity index (χ2n) is 5.62. The van der Waals surface area contributed by atoms with Gasteiger partial charge in [-0.15, -0.1) is 11.3 Å². The maximum Gasteiger partial charge on any atom is 0.273 e. The highest BCUT2D eigenvalue weighted by Crippen LogP contribution is 2.40. The van der Waals surface area contributed by atoms with Crippen LogP contribution in [0.4, 0.5) is 0 Å². The number of nitrogens with zero attached hydrogens (tertiary/aromatic N) is 3. The highest BCUT2D eigenvalue weighted by molar-refractivity contribution is 7.10. The molecular formula is C16H16N4O2S. The van der Waals surface area contributed by atoms with E-state index in [2.05, 4.69) is 15.6 Å². The summed E-state index contributed by atoms with van der Waals surface area (Å²) in [6.45, 7) is 0.451. The van der Waals surface area contributed by atoms with Crippen LogP contribution in [-0.4, -0.2) is 27.4 Å². The zero-order valence-corrected chi connectivity index (χ0v) is 13.2. The maximum atomic E-state index is 12.3. The molecule has 1 aliphatic carbocycles. The van der Waals surface area contributed by atoms with Crippen LogP contribution in [0.3, 0.4) is 0 Å². The molecule has 1 atom stereocenters. The molecular weight excluding hydrogens is 312 g/mol. The molecule has 0 aliphatic heterocycles. The summed E-state index contributed by atoms with van der Waals surface area (Å²) < 4.78 is 7.09. The first kappa shape index (κ1) is 14.2. The molecule has 0 saturated heterocycles. The van der Waals surface area contributed by atoms with Gasteiger partial charge in [-0.3, -0.25) is 9.48 Å². The summed E-state index contributed by atoms with van der Waals surface area (Å²) in [5, 5.41) is 13.1. The first-order valence-corrected chi connectivity index (χ1v) is 8.46. The number of amides is 1.